The van der Waals surface area contributed by atoms with Crippen molar-refractivity contribution in [3.63, 3.8) is 0 Å². The molecule has 0 spiro atoms. The molecule has 0 aromatic carbocycles. The van der Waals surface area contributed by atoms with Crippen LogP contribution in [0.25, 0.3) is 0 Å². The fraction of sp³-hybridized carbons (Fsp3) is 0.615. The zero-order valence-electron chi connectivity index (χ0n) is 12.1. The number of aryl methyl sites for hydroxylation is 1. The average molecular weight is 262 g/mol. The van der Waals surface area contributed by atoms with Crippen molar-refractivity contribution in [2.24, 2.45) is 0 Å². The zero-order valence-corrected chi connectivity index (χ0v) is 12.1. The summed E-state index contributed by atoms with van der Waals surface area (Å²) in [5.74, 6) is 0.912. The molecule has 0 fully saturated rings. The number of hydrogen-bond donors (Lipinski definition) is 1. The lowest BCUT2D eigenvalue weighted by Gasteiger charge is -2.10. The monoisotopic (exact) mass is 262 g/mol. The molecule has 104 valence electrons. The van der Waals surface area contributed by atoms with Gasteiger partial charge in [0.15, 0.2) is 0 Å². The van der Waals surface area contributed by atoms with Gasteiger partial charge >= 0.3 is 0 Å². The summed E-state index contributed by atoms with van der Waals surface area (Å²) in [4.78, 5) is 4.32. The van der Waals surface area contributed by atoms with Crippen molar-refractivity contribution in [3.8, 4) is 0 Å². The quantitative estimate of drug-likeness (QED) is 0.891. The Balaban J connectivity index is 2.35. The van der Waals surface area contributed by atoms with Gasteiger partial charge in [0, 0.05) is 6.04 Å². The molecule has 0 radical (unpaired) electrons. The van der Waals surface area contributed by atoms with Gasteiger partial charge in [0.1, 0.15) is 18.7 Å². The summed E-state index contributed by atoms with van der Waals surface area (Å²) in [5, 5.41) is 8.83. The fourth-order valence-corrected chi connectivity index (χ4v) is 2.28. The third-order valence-corrected chi connectivity index (χ3v) is 3.27. The van der Waals surface area contributed by atoms with E-state index in [1.54, 1.807) is 6.33 Å². The van der Waals surface area contributed by atoms with Crippen LogP contribution >= 0.6 is 0 Å². The first-order valence-electron chi connectivity index (χ1n) is 6.80. The maximum absolute atomic E-state index is 6.13. The van der Waals surface area contributed by atoms with Crippen LogP contribution < -0.4 is 5.73 Å². The molecule has 0 atom stereocenters. The Labute approximate surface area is 113 Å². The Kier molecular flexibility index (Phi) is 3.87. The maximum Gasteiger partial charge on any atom is 0.148 e. The van der Waals surface area contributed by atoms with E-state index in [1.165, 1.54) is 0 Å². The molecule has 0 saturated heterocycles. The van der Waals surface area contributed by atoms with Gasteiger partial charge in [-0.2, -0.15) is 10.2 Å². The Morgan fingerprint density at radius 1 is 1.26 bits per heavy atom. The minimum absolute atomic E-state index is 0.293. The van der Waals surface area contributed by atoms with Crippen molar-refractivity contribution < 1.29 is 0 Å². The normalized spacial score (nSPS) is 11.4. The van der Waals surface area contributed by atoms with E-state index in [2.05, 4.69) is 42.9 Å². The predicted octanol–water partition coefficient (Wildman–Crippen LogP) is 1.81. The van der Waals surface area contributed by atoms with Crippen LogP contribution in [0.1, 0.15) is 50.9 Å². The van der Waals surface area contributed by atoms with Crippen LogP contribution in [0.4, 0.5) is 5.69 Å². The molecule has 0 unspecified atom stereocenters. The zero-order chi connectivity index (χ0) is 14.0. The molecule has 6 nitrogen and oxygen atoms in total. The Bertz CT molecular complexity index is 551. The molecule has 0 aliphatic carbocycles. The molecular formula is C13H22N6. The van der Waals surface area contributed by atoms with E-state index in [4.69, 9.17) is 5.73 Å². The van der Waals surface area contributed by atoms with Crippen molar-refractivity contribution in [1.29, 1.82) is 0 Å². The van der Waals surface area contributed by atoms with Crippen molar-refractivity contribution in [2.45, 2.75) is 53.1 Å². The highest BCUT2D eigenvalue weighted by molar-refractivity contribution is 5.48. The second kappa shape index (κ2) is 5.42. The van der Waals surface area contributed by atoms with Crippen molar-refractivity contribution in [1.82, 2.24) is 24.5 Å². The van der Waals surface area contributed by atoms with Gasteiger partial charge in [0.2, 0.25) is 0 Å². The van der Waals surface area contributed by atoms with Crippen LogP contribution in [0.2, 0.25) is 0 Å². The highest BCUT2D eigenvalue weighted by atomic mass is 15.4. The molecule has 0 aliphatic rings. The molecule has 2 aromatic heterocycles. The average Bonchev–Trinajstić information content (AvgIpc) is 2.94. The number of nitrogens with zero attached hydrogens (tertiary/aromatic N) is 5. The van der Waals surface area contributed by atoms with Crippen LogP contribution in [0.3, 0.4) is 0 Å². The SMILES string of the molecule is CCc1nn(Cc2ncnn2C(C)C)c(CC)c1N. The third kappa shape index (κ3) is 2.47. The fourth-order valence-electron chi connectivity index (χ4n) is 2.28. The van der Waals surface area contributed by atoms with Gasteiger partial charge in [-0.15, -0.1) is 0 Å². The number of hydrogen-bond acceptors (Lipinski definition) is 4. The van der Waals surface area contributed by atoms with Gasteiger partial charge in [-0.3, -0.25) is 4.68 Å². The molecule has 2 rings (SSSR count). The van der Waals surface area contributed by atoms with E-state index in [0.717, 1.165) is 35.7 Å². The summed E-state index contributed by atoms with van der Waals surface area (Å²) >= 11 is 0. The lowest BCUT2D eigenvalue weighted by molar-refractivity contribution is 0.483. The van der Waals surface area contributed by atoms with E-state index in [0.29, 0.717) is 12.6 Å². The summed E-state index contributed by atoms with van der Waals surface area (Å²) < 4.78 is 3.87. The Hall–Kier alpha value is -1.85. The molecule has 0 amide bonds. The van der Waals surface area contributed by atoms with Gasteiger partial charge in [-0.25, -0.2) is 9.67 Å². The van der Waals surface area contributed by atoms with Crippen molar-refractivity contribution >= 4 is 5.69 Å². The van der Waals surface area contributed by atoms with Gasteiger partial charge in [-0.1, -0.05) is 13.8 Å². The lowest BCUT2D eigenvalue weighted by atomic mass is 10.2. The number of nitrogens with two attached hydrogens (primary N) is 1. The van der Waals surface area contributed by atoms with Crippen molar-refractivity contribution in [3.05, 3.63) is 23.5 Å². The smallest absolute Gasteiger partial charge is 0.148 e. The number of rotatable bonds is 5. The second-order valence-electron chi connectivity index (χ2n) is 4.89. The standard InChI is InChI=1S/C13H22N6/c1-5-10-13(14)11(6-2)18(17-10)7-12-15-8-16-19(12)9(3)4/h8-9H,5-7,14H2,1-4H3. The first kappa shape index (κ1) is 13.6. The number of nitrogen functional groups attached to an aromatic ring is 1. The first-order valence-corrected chi connectivity index (χ1v) is 6.80. The Morgan fingerprint density at radius 3 is 2.58 bits per heavy atom. The summed E-state index contributed by atoms with van der Waals surface area (Å²) in [7, 11) is 0. The first-order chi connectivity index (χ1) is 9.08. The molecule has 19 heavy (non-hydrogen) atoms. The molecule has 2 aromatic rings. The third-order valence-electron chi connectivity index (χ3n) is 3.27. The number of anilines is 1. The maximum atomic E-state index is 6.13. The molecular weight excluding hydrogens is 240 g/mol. The minimum Gasteiger partial charge on any atom is -0.396 e. The van der Waals surface area contributed by atoms with Crippen LogP contribution in [0.5, 0.6) is 0 Å². The molecule has 2 N–H and O–H groups in total. The van der Waals surface area contributed by atoms with Gasteiger partial charge in [-0.05, 0) is 26.7 Å². The molecule has 0 bridgehead atoms. The summed E-state index contributed by atoms with van der Waals surface area (Å²) in [6.45, 7) is 8.96. The molecule has 6 heteroatoms. The molecule has 2 heterocycles. The van der Waals surface area contributed by atoms with E-state index in [1.807, 2.05) is 9.36 Å². The molecule has 0 saturated carbocycles. The largest absolute Gasteiger partial charge is 0.396 e. The van der Waals surface area contributed by atoms with E-state index in [-0.39, 0.29) is 0 Å². The summed E-state index contributed by atoms with van der Waals surface area (Å²) in [6.07, 6.45) is 3.31. The highest BCUT2D eigenvalue weighted by Crippen LogP contribution is 2.19. The molecule has 0 aliphatic heterocycles. The van der Waals surface area contributed by atoms with Crippen LogP contribution in [-0.4, -0.2) is 24.5 Å². The van der Waals surface area contributed by atoms with Crippen molar-refractivity contribution in [2.75, 3.05) is 5.73 Å². The number of aromatic nitrogens is 5. The van der Waals surface area contributed by atoms with E-state index < -0.39 is 0 Å². The topological polar surface area (TPSA) is 74.5 Å². The minimum atomic E-state index is 0.293. The van der Waals surface area contributed by atoms with E-state index in [9.17, 15) is 0 Å². The predicted molar refractivity (Wildman–Crippen MR) is 74.9 cm³/mol. The Morgan fingerprint density at radius 2 is 2.00 bits per heavy atom. The highest BCUT2D eigenvalue weighted by Gasteiger charge is 2.15. The van der Waals surface area contributed by atoms with Gasteiger partial charge in [0.05, 0.1) is 17.1 Å². The lowest BCUT2D eigenvalue weighted by Crippen LogP contribution is -2.14. The van der Waals surface area contributed by atoms with Crippen LogP contribution in [0.15, 0.2) is 6.33 Å². The van der Waals surface area contributed by atoms with E-state index >= 15 is 0 Å². The summed E-state index contributed by atoms with van der Waals surface area (Å²) in [6, 6.07) is 0.293. The second-order valence-corrected chi connectivity index (χ2v) is 4.89. The van der Waals surface area contributed by atoms with Gasteiger partial charge < -0.3 is 5.73 Å². The van der Waals surface area contributed by atoms with Gasteiger partial charge in [0.25, 0.3) is 0 Å². The van der Waals surface area contributed by atoms with Crippen LogP contribution in [-0.2, 0) is 19.4 Å². The van der Waals surface area contributed by atoms with Crippen LogP contribution in [0, 0.1) is 0 Å². The summed E-state index contributed by atoms with van der Waals surface area (Å²) in [5.41, 5.74) is 8.99.